The lowest BCUT2D eigenvalue weighted by atomic mass is 10.1. The summed E-state index contributed by atoms with van der Waals surface area (Å²) >= 11 is 0. The number of esters is 1. The topological polar surface area (TPSA) is 77.5 Å². The molecule has 0 aliphatic heterocycles. The molecule has 1 aromatic carbocycles. The van der Waals surface area contributed by atoms with Crippen molar-refractivity contribution in [2.45, 2.75) is 52.4 Å². The van der Waals surface area contributed by atoms with Crippen molar-refractivity contribution in [1.29, 1.82) is 0 Å². The summed E-state index contributed by atoms with van der Waals surface area (Å²) in [6, 6.07) is 12.2. The Hall–Kier alpha value is -2.89. The molecular formula is C21H26N2O4. The number of pyridine rings is 1. The fraction of sp³-hybridized carbons (Fsp3) is 0.381. The Balaban J connectivity index is 2.02. The molecule has 1 N–H and O–H groups in total. The first-order valence-corrected chi connectivity index (χ1v) is 8.84. The number of rotatable bonds is 6. The first kappa shape index (κ1) is 20.4. The summed E-state index contributed by atoms with van der Waals surface area (Å²) in [4.78, 5) is 28.9. The van der Waals surface area contributed by atoms with Crippen LogP contribution in [0, 0.1) is 6.92 Å². The van der Waals surface area contributed by atoms with E-state index in [9.17, 15) is 9.59 Å². The number of nitrogens with one attached hydrogen (secondary N) is 1. The number of carbonyl (C=O) groups excluding carboxylic acids is 2. The van der Waals surface area contributed by atoms with Crippen LogP contribution >= 0.6 is 0 Å². The Morgan fingerprint density at radius 2 is 1.78 bits per heavy atom. The number of alkyl carbamates (subject to hydrolysis) is 1. The highest BCUT2D eigenvalue weighted by atomic mass is 16.6. The van der Waals surface area contributed by atoms with Crippen molar-refractivity contribution in [3.63, 3.8) is 0 Å². The average Bonchev–Trinajstić information content (AvgIpc) is 2.60. The van der Waals surface area contributed by atoms with Gasteiger partial charge in [-0.25, -0.2) is 9.59 Å². The Bertz CT molecular complexity index is 752. The molecule has 0 fully saturated rings. The predicted molar refractivity (Wildman–Crippen MR) is 102 cm³/mol. The van der Waals surface area contributed by atoms with E-state index in [0.29, 0.717) is 0 Å². The van der Waals surface area contributed by atoms with E-state index in [4.69, 9.17) is 9.47 Å². The molecule has 0 spiro atoms. The first-order valence-electron chi connectivity index (χ1n) is 8.84. The van der Waals surface area contributed by atoms with Crippen molar-refractivity contribution in [3.05, 3.63) is 65.5 Å². The van der Waals surface area contributed by atoms with Gasteiger partial charge in [-0.05, 0) is 44.9 Å². The van der Waals surface area contributed by atoms with Gasteiger partial charge in [0.1, 0.15) is 18.2 Å². The molecule has 0 aliphatic rings. The smallest absolute Gasteiger partial charge is 0.408 e. The summed E-state index contributed by atoms with van der Waals surface area (Å²) in [6.07, 6.45) is 1.28. The van der Waals surface area contributed by atoms with Gasteiger partial charge in [0.25, 0.3) is 0 Å². The first-order chi connectivity index (χ1) is 12.7. The summed E-state index contributed by atoms with van der Waals surface area (Å²) < 4.78 is 10.7. The normalized spacial score (nSPS) is 12.1. The highest BCUT2D eigenvalue weighted by Gasteiger charge is 2.27. The van der Waals surface area contributed by atoms with Crippen LogP contribution in [0.4, 0.5) is 4.79 Å². The van der Waals surface area contributed by atoms with Gasteiger partial charge in [-0.15, -0.1) is 0 Å². The van der Waals surface area contributed by atoms with Gasteiger partial charge in [0.2, 0.25) is 0 Å². The van der Waals surface area contributed by atoms with Crippen molar-refractivity contribution < 1.29 is 19.1 Å². The van der Waals surface area contributed by atoms with E-state index in [1.807, 2.05) is 49.4 Å². The van der Waals surface area contributed by atoms with Gasteiger partial charge >= 0.3 is 12.1 Å². The van der Waals surface area contributed by atoms with Crippen molar-refractivity contribution in [3.8, 4) is 0 Å². The standard InChI is InChI=1S/C21H26N2O4/c1-15-10-11-17(13-22-15)12-18(19(24)27-21(2,3)4)23-20(25)26-14-16-8-6-5-7-9-16/h5-11,13,18H,12,14H2,1-4H3,(H,23,25). The molecule has 1 amide bonds. The van der Waals surface area contributed by atoms with E-state index < -0.39 is 23.7 Å². The molecule has 0 bridgehead atoms. The van der Waals surface area contributed by atoms with Crippen molar-refractivity contribution >= 4 is 12.1 Å². The third kappa shape index (κ3) is 7.48. The van der Waals surface area contributed by atoms with E-state index in [1.54, 1.807) is 27.0 Å². The quantitative estimate of drug-likeness (QED) is 0.787. The maximum absolute atomic E-state index is 12.5. The number of hydrogen-bond acceptors (Lipinski definition) is 5. The van der Waals surface area contributed by atoms with Crippen molar-refractivity contribution in [2.75, 3.05) is 0 Å². The summed E-state index contributed by atoms with van der Waals surface area (Å²) in [5, 5.41) is 2.61. The number of aromatic nitrogens is 1. The minimum absolute atomic E-state index is 0.125. The molecule has 27 heavy (non-hydrogen) atoms. The monoisotopic (exact) mass is 370 g/mol. The molecule has 1 aromatic heterocycles. The number of hydrogen-bond donors (Lipinski definition) is 1. The number of amides is 1. The van der Waals surface area contributed by atoms with Crippen LogP contribution < -0.4 is 5.32 Å². The Morgan fingerprint density at radius 3 is 2.37 bits per heavy atom. The summed E-state index contributed by atoms with van der Waals surface area (Å²) in [5.41, 5.74) is 1.91. The van der Waals surface area contributed by atoms with Crippen LogP contribution in [0.3, 0.4) is 0 Å². The molecule has 0 radical (unpaired) electrons. The summed E-state index contributed by atoms with van der Waals surface area (Å²) in [7, 11) is 0. The Labute approximate surface area is 159 Å². The number of benzene rings is 1. The molecule has 0 saturated heterocycles. The van der Waals surface area contributed by atoms with Crippen LogP contribution in [-0.2, 0) is 27.3 Å². The van der Waals surface area contributed by atoms with E-state index >= 15 is 0 Å². The van der Waals surface area contributed by atoms with Gasteiger partial charge in [0.15, 0.2) is 0 Å². The molecule has 0 aliphatic carbocycles. The van der Waals surface area contributed by atoms with Crippen LogP contribution in [0.2, 0.25) is 0 Å². The molecule has 1 unspecified atom stereocenters. The third-order valence-corrected chi connectivity index (χ3v) is 3.61. The van der Waals surface area contributed by atoms with Crippen molar-refractivity contribution in [1.82, 2.24) is 10.3 Å². The second-order valence-electron chi connectivity index (χ2n) is 7.30. The van der Waals surface area contributed by atoms with Crippen LogP contribution in [0.15, 0.2) is 48.7 Å². The predicted octanol–water partition coefficient (Wildman–Crippen LogP) is 3.57. The Kier molecular flexibility index (Phi) is 6.93. The maximum Gasteiger partial charge on any atom is 0.408 e. The lowest BCUT2D eigenvalue weighted by Crippen LogP contribution is -2.45. The van der Waals surface area contributed by atoms with E-state index in [-0.39, 0.29) is 13.0 Å². The molecule has 6 heteroatoms. The minimum atomic E-state index is -0.864. The molecule has 1 heterocycles. The van der Waals surface area contributed by atoms with Crippen molar-refractivity contribution in [2.24, 2.45) is 0 Å². The van der Waals surface area contributed by atoms with Crippen LogP contribution in [0.5, 0.6) is 0 Å². The largest absolute Gasteiger partial charge is 0.458 e. The fourth-order valence-corrected chi connectivity index (χ4v) is 2.33. The number of ether oxygens (including phenoxy) is 2. The van der Waals surface area contributed by atoms with Gasteiger partial charge < -0.3 is 14.8 Å². The lowest BCUT2D eigenvalue weighted by molar-refractivity contribution is -0.157. The van der Waals surface area contributed by atoms with E-state index in [1.165, 1.54) is 0 Å². The average molecular weight is 370 g/mol. The second-order valence-corrected chi connectivity index (χ2v) is 7.30. The van der Waals surface area contributed by atoms with Crippen LogP contribution in [-0.4, -0.2) is 28.7 Å². The van der Waals surface area contributed by atoms with Gasteiger partial charge in [-0.2, -0.15) is 0 Å². The van der Waals surface area contributed by atoms with Crippen LogP contribution in [0.1, 0.15) is 37.6 Å². The summed E-state index contributed by atoms with van der Waals surface area (Å²) in [6.45, 7) is 7.35. The lowest BCUT2D eigenvalue weighted by Gasteiger charge is -2.24. The maximum atomic E-state index is 12.5. The van der Waals surface area contributed by atoms with E-state index in [0.717, 1.165) is 16.8 Å². The zero-order chi connectivity index (χ0) is 19.9. The molecule has 144 valence electrons. The highest BCUT2D eigenvalue weighted by molar-refractivity contribution is 5.82. The molecule has 1 atom stereocenters. The van der Waals surface area contributed by atoms with E-state index in [2.05, 4.69) is 10.3 Å². The fourth-order valence-electron chi connectivity index (χ4n) is 2.33. The molecule has 2 aromatic rings. The minimum Gasteiger partial charge on any atom is -0.458 e. The summed E-state index contributed by atoms with van der Waals surface area (Å²) in [5.74, 6) is -0.514. The second kappa shape index (κ2) is 9.16. The van der Waals surface area contributed by atoms with Crippen LogP contribution in [0.25, 0.3) is 0 Å². The molecule has 0 saturated carbocycles. The molecule has 6 nitrogen and oxygen atoms in total. The zero-order valence-corrected chi connectivity index (χ0v) is 16.2. The highest BCUT2D eigenvalue weighted by Crippen LogP contribution is 2.12. The van der Waals surface area contributed by atoms with Gasteiger partial charge in [0, 0.05) is 18.3 Å². The number of aryl methyl sites for hydroxylation is 1. The zero-order valence-electron chi connectivity index (χ0n) is 16.2. The molecule has 2 rings (SSSR count). The third-order valence-electron chi connectivity index (χ3n) is 3.61. The van der Waals surface area contributed by atoms with Gasteiger partial charge in [-0.1, -0.05) is 36.4 Å². The number of nitrogens with zero attached hydrogens (tertiary/aromatic N) is 1. The Morgan fingerprint density at radius 1 is 1.07 bits per heavy atom. The van der Waals surface area contributed by atoms with Gasteiger partial charge in [-0.3, -0.25) is 4.98 Å². The molecular weight excluding hydrogens is 344 g/mol. The SMILES string of the molecule is Cc1ccc(CC(NC(=O)OCc2ccccc2)C(=O)OC(C)(C)C)cn1. The van der Waals surface area contributed by atoms with Gasteiger partial charge in [0.05, 0.1) is 0 Å². The number of carbonyl (C=O) groups is 2.